The largest absolute Gasteiger partial charge is 0.491 e. The lowest BCUT2D eigenvalue weighted by Gasteiger charge is -2.23. The Kier molecular flexibility index (Phi) is 5.31. The summed E-state index contributed by atoms with van der Waals surface area (Å²) in [6, 6.07) is 14.7. The molecule has 0 aliphatic heterocycles. The van der Waals surface area contributed by atoms with E-state index in [1.807, 2.05) is 12.1 Å². The number of halogens is 1. The van der Waals surface area contributed by atoms with Gasteiger partial charge in [-0.1, -0.05) is 28.1 Å². The lowest BCUT2D eigenvalue weighted by molar-refractivity contribution is 0.0892. The number of H-pyrrole nitrogens is 1. The normalized spacial score (nSPS) is 17.1. The van der Waals surface area contributed by atoms with Crippen LogP contribution in [0.2, 0.25) is 0 Å². The Labute approximate surface area is 183 Å². The molecule has 7 heteroatoms. The molecule has 2 atom stereocenters. The molecule has 154 valence electrons. The van der Waals surface area contributed by atoms with E-state index < -0.39 is 6.10 Å². The van der Waals surface area contributed by atoms with Gasteiger partial charge in [-0.05, 0) is 60.7 Å². The number of hydrogen-bond acceptors (Lipinski definition) is 4. The molecule has 5 rings (SSSR count). The first-order valence-electron chi connectivity index (χ1n) is 10.2. The van der Waals surface area contributed by atoms with Crippen LogP contribution in [-0.2, 0) is 13.0 Å². The van der Waals surface area contributed by atoms with Crippen LogP contribution in [0.25, 0.3) is 10.9 Å². The van der Waals surface area contributed by atoms with Gasteiger partial charge in [-0.25, -0.2) is 4.98 Å². The van der Waals surface area contributed by atoms with Crippen molar-refractivity contribution in [3.05, 3.63) is 76.4 Å². The Morgan fingerprint density at radius 2 is 2.10 bits per heavy atom. The minimum atomic E-state index is -0.641. The summed E-state index contributed by atoms with van der Waals surface area (Å²) in [6.45, 7) is 0.573. The van der Waals surface area contributed by atoms with Crippen molar-refractivity contribution in [3.63, 3.8) is 0 Å². The number of aromatic amines is 1. The van der Waals surface area contributed by atoms with Crippen LogP contribution >= 0.6 is 15.9 Å². The quantitative estimate of drug-likeness (QED) is 0.440. The molecule has 1 aliphatic carbocycles. The molecule has 0 amide bonds. The number of aromatic nitrogens is 4. The monoisotopic (exact) mass is 466 g/mol. The lowest BCUT2D eigenvalue weighted by Crippen LogP contribution is -2.23. The van der Waals surface area contributed by atoms with E-state index in [-0.39, 0.29) is 6.61 Å². The van der Waals surface area contributed by atoms with Crippen LogP contribution in [0, 0.1) is 0 Å². The first kappa shape index (κ1) is 19.3. The zero-order chi connectivity index (χ0) is 20.5. The second-order valence-electron chi connectivity index (χ2n) is 7.80. The third-order valence-electron chi connectivity index (χ3n) is 5.76. The van der Waals surface area contributed by atoms with E-state index in [9.17, 15) is 5.11 Å². The summed E-state index contributed by atoms with van der Waals surface area (Å²) in [4.78, 5) is 7.55. The molecular weight excluding hydrogens is 444 g/mol. The average Bonchev–Trinajstić information content (AvgIpc) is 3.40. The van der Waals surface area contributed by atoms with Crippen molar-refractivity contribution in [3.8, 4) is 5.75 Å². The number of rotatable bonds is 6. The Bertz CT molecular complexity index is 1140. The van der Waals surface area contributed by atoms with Gasteiger partial charge in [0.25, 0.3) is 0 Å². The maximum atomic E-state index is 10.1. The van der Waals surface area contributed by atoms with E-state index in [2.05, 4.69) is 61.3 Å². The second-order valence-corrected chi connectivity index (χ2v) is 8.72. The number of fused-ring (bicyclic) bond motifs is 3. The molecule has 6 nitrogen and oxygen atoms in total. The molecule has 2 N–H and O–H groups in total. The van der Waals surface area contributed by atoms with Crippen molar-refractivity contribution in [2.45, 2.75) is 37.8 Å². The Balaban J connectivity index is 1.30. The van der Waals surface area contributed by atoms with Gasteiger partial charge >= 0.3 is 0 Å². The highest BCUT2D eigenvalue weighted by Gasteiger charge is 2.25. The van der Waals surface area contributed by atoms with Crippen LogP contribution in [0.4, 0.5) is 0 Å². The first-order chi connectivity index (χ1) is 14.7. The Morgan fingerprint density at radius 3 is 2.90 bits per heavy atom. The molecular formula is C23H23BrN4O2. The number of aryl methyl sites for hydroxylation is 1. The van der Waals surface area contributed by atoms with Crippen LogP contribution in [0.1, 0.15) is 35.6 Å². The third-order valence-corrected chi connectivity index (χ3v) is 6.25. The van der Waals surface area contributed by atoms with Crippen LogP contribution in [-0.4, -0.2) is 37.6 Å². The smallest absolute Gasteiger partial charge is 0.137 e. The van der Waals surface area contributed by atoms with Gasteiger partial charge in [0, 0.05) is 27.0 Å². The van der Waals surface area contributed by atoms with E-state index in [0.29, 0.717) is 12.5 Å². The van der Waals surface area contributed by atoms with Crippen LogP contribution in [0.3, 0.4) is 0 Å². The summed E-state index contributed by atoms with van der Waals surface area (Å²) in [5, 5.41) is 15.4. The van der Waals surface area contributed by atoms with Crippen LogP contribution < -0.4 is 4.74 Å². The maximum Gasteiger partial charge on any atom is 0.137 e. The molecule has 30 heavy (non-hydrogen) atoms. The van der Waals surface area contributed by atoms with Gasteiger partial charge in [-0.15, -0.1) is 0 Å². The molecule has 0 saturated carbocycles. The summed E-state index contributed by atoms with van der Waals surface area (Å²) in [7, 11) is 0. The second kappa shape index (κ2) is 8.24. The van der Waals surface area contributed by atoms with E-state index in [1.165, 1.54) is 40.5 Å². The fourth-order valence-corrected chi connectivity index (χ4v) is 4.71. The number of nitrogens with zero attached hydrogens (tertiary/aromatic N) is 3. The molecule has 0 radical (unpaired) electrons. The maximum absolute atomic E-state index is 10.1. The van der Waals surface area contributed by atoms with Gasteiger partial charge in [0.15, 0.2) is 0 Å². The van der Waals surface area contributed by atoms with Gasteiger partial charge in [0.2, 0.25) is 0 Å². The number of aliphatic hydroxyl groups is 1. The highest BCUT2D eigenvalue weighted by atomic mass is 79.9. The summed E-state index contributed by atoms with van der Waals surface area (Å²) in [5.41, 5.74) is 5.28. The summed E-state index contributed by atoms with van der Waals surface area (Å²) < 4.78 is 8.48. The van der Waals surface area contributed by atoms with E-state index in [1.54, 1.807) is 11.0 Å². The minimum Gasteiger partial charge on any atom is -0.491 e. The molecule has 2 unspecified atom stereocenters. The fourth-order valence-electron chi connectivity index (χ4n) is 4.35. The Morgan fingerprint density at radius 1 is 1.23 bits per heavy atom. The highest BCUT2D eigenvalue weighted by Crippen LogP contribution is 2.40. The van der Waals surface area contributed by atoms with Gasteiger partial charge in [-0.2, -0.15) is 5.10 Å². The van der Waals surface area contributed by atoms with E-state index >= 15 is 0 Å². The summed E-state index contributed by atoms with van der Waals surface area (Å²) in [5.74, 6) is 1.12. The van der Waals surface area contributed by atoms with E-state index in [0.717, 1.165) is 23.1 Å². The molecule has 2 aromatic heterocycles. The molecule has 1 aliphatic rings. The van der Waals surface area contributed by atoms with Crippen LogP contribution in [0.15, 0.2) is 59.6 Å². The van der Waals surface area contributed by atoms with Gasteiger partial charge in [0.1, 0.15) is 31.1 Å². The predicted octanol–water partition coefficient (Wildman–Crippen LogP) is 4.43. The summed E-state index contributed by atoms with van der Waals surface area (Å²) in [6.07, 6.45) is 5.83. The predicted molar refractivity (Wildman–Crippen MR) is 119 cm³/mol. The van der Waals surface area contributed by atoms with Crippen molar-refractivity contribution in [1.29, 1.82) is 0 Å². The van der Waals surface area contributed by atoms with Gasteiger partial charge < -0.3 is 14.8 Å². The standard InChI is InChI=1S/C23H23BrN4O2/c24-16-6-9-22-21(10-16)20-3-1-2-19(23(20)27-22)15-4-7-18(8-5-15)30-12-17(29)11-28-14-25-13-26-28/h4-10,13-14,17,19,27,29H,1-3,11-12H2. The molecule has 0 saturated heterocycles. The fraction of sp³-hybridized carbons (Fsp3) is 0.304. The number of nitrogens with one attached hydrogen (secondary N) is 1. The third kappa shape index (κ3) is 3.87. The number of aliphatic hydroxyl groups excluding tert-OH is 1. The lowest BCUT2D eigenvalue weighted by atomic mass is 9.82. The zero-order valence-corrected chi connectivity index (χ0v) is 18.0. The highest BCUT2D eigenvalue weighted by molar-refractivity contribution is 9.10. The number of hydrogen-bond donors (Lipinski definition) is 2. The molecule has 4 aromatic rings. The number of benzene rings is 2. The molecule has 2 heterocycles. The molecule has 0 bridgehead atoms. The minimum absolute atomic E-state index is 0.212. The van der Waals surface area contributed by atoms with Crippen molar-refractivity contribution in [2.75, 3.05) is 6.61 Å². The van der Waals surface area contributed by atoms with Gasteiger partial charge in [-0.3, -0.25) is 4.68 Å². The number of ether oxygens (including phenoxy) is 1. The first-order valence-corrected chi connectivity index (χ1v) is 11.0. The average molecular weight is 467 g/mol. The molecule has 2 aromatic carbocycles. The molecule has 0 spiro atoms. The van der Waals surface area contributed by atoms with Crippen molar-refractivity contribution >= 4 is 26.8 Å². The van der Waals surface area contributed by atoms with Crippen molar-refractivity contribution in [1.82, 2.24) is 19.7 Å². The van der Waals surface area contributed by atoms with Gasteiger partial charge in [0.05, 0.1) is 6.54 Å². The van der Waals surface area contributed by atoms with Crippen molar-refractivity contribution in [2.24, 2.45) is 0 Å². The Hall–Kier alpha value is -2.64. The molecule has 0 fully saturated rings. The zero-order valence-electron chi connectivity index (χ0n) is 16.5. The van der Waals surface area contributed by atoms with Crippen LogP contribution in [0.5, 0.6) is 5.75 Å². The SMILES string of the molecule is OC(COc1ccc(C2CCCc3c2[nH]c2ccc(Br)cc32)cc1)Cn1cncn1. The van der Waals surface area contributed by atoms with Crippen molar-refractivity contribution < 1.29 is 9.84 Å². The summed E-state index contributed by atoms with van der Waals surface area (Å²) >= 11 is 3.60. The van der Waals surface area contributed by atoms with E-state index in [4.69, 9.17) is 4.74 Å². The topological polar surface area (TPSA) is 76.0 Å².